The van der Waals surface area contributed by atoms with Crippen LogP contribution in [-0.4, -0.2) is 30.9 Å². The van der Waals surface area contributed by atoms with E-state index in [1.165, 1.54) is 24.0 Å². The van der Waals surface area contributed by atoms with Gasteiger partial charge in [0.15, 0.2) is 11.0 Å². The Morgan fingerprint density at radius 2 is 2.14 bits per heavy atom. The largest absolute Gasteiger partial charge is 0.310 e. The lowest BCUT2D eigenvalue weighted by molar-refractivity contribution is -0.115. The number of anilines is 1. The molecule has 144 valence electrons. The number of nitrogens with one attached hydrogen (secondary N) is 1. The number of thioether (sulfide) groups is 1. The zero-order valence-electron chi connectivity index (χ0n) is 15.0. The second-order valence-electron chi connectivity index (χ2n) is 5.80. The Balaban J connectivity index is 1.79. The van der Waals surface area contributed by atoms with Crippen LogP contribution in [0.15, 0.2) is 60.4 Å². The number of pyridine rings is 1. The Kier molecular flexibility index (Phi) is 6.43. The van der Waals surface area contributed by atoms with Crippen molar-refractivity contribution in [2.24, 2.45) is 0 Å². The number of rotatable bonds is 7. The highest BCUT2D eigenvalue weighted by atomic mass is 35.5. The van der Waals surface area contributed by atoms with Gasteiger partial charge in [0.25, 0.3) is 0 Å². The summed E-state index contributed by atoms with van der Waals surface area (Å²) < 4.78 is 15.9. The quantitative estimate of drug-likeness (QED) is 0.454. The number of halogens is 2. The number of nitrogens with zero attached hydrogens (tertiary/aromatic N) is 4. The molecule has 0 aliphatic carbocycles. The molecular formula is C19H17ClFN5OS. The Bertz CT molecular complexity index is 992. The fourth-order valence-electron chi connectivity index (χ4n) is 2.40. The van der Waals surface area contributed by atoms with Crippen LogP contribution in [0.5, 0.6) is 0 Å². The molecule has 3 aromatic rings. The van der Waals surface area contributed by atoms with E-state index in [9.17, 15) is 9.18 Å². The van der Waals surface area contributed by atoms with E-state index in [0.717, 1.165) is 0 Å². The van der Waals surface area contributed by atoms with Gasteiger partial charge in [0.1, 0.15) is 11.6 Å². The SMILES string of the molecule is C=CCn1c(SC(C)C(=O)Nc2ccc(Cl)cn2)nnc1-c1ccccc1F. The first kappa shape index (κ1) is 20.0. The fraction of sp³-hybridized carbons (Fsp3) is 0.158. The Hall–Kier alpha value is -2.71. The molecule has 0 bridgehead atoms. The summed E-state index contributed by atoms with van der Waals surface area (Å²) in [5.41, 5.74) is 0.339. The molecular weight excluding hydrogens is 401 g/mol. The molecule has 6 nitrogen and oxygen atoms in total. The van der Waals surface area contributed by atoms with Gasteiger partial charge in [0, 0.05) is 12.7 Å². The van der Waals surface area contributed by atoms with E-state index in [4.69, 9.17) is 11.6 Å². The molecule has 1 amide bonds. The van der Waals surface area contributed by atoms with Crippen molar-refractivity contribution in [3.05, 3.63) is 66.1 Å². The average molecular weight is 418 g/mol. The summed E-state index contributed by atoms with van der Waals surface area (Å²) in [6.45, 7) is 5.86. The highest BCUT2D eigenvalue weighted by Crippen LogP contribution is 2.28. The molecule has 1 atom stereocenters. The van der Waals surface area contributed by atoms with E-state index in [1.807, 2.05) is 0 Å². The number of benzene rings is 1. The van der Waals surface area contributed by atoms with Gasteiger partial charge in [-0.1, -0.05) is 41.6 Å². The van der Waals surface area contributed by atoms with Crippen LogP contribution in [0.2, 0.25) is 5.02 Å². The number of amides is 1. The minimum Gasteiger partial charge on any atom is -0.310 e. The summed E-state index contributed by atoms with van der Waals surface area (Å²) >= 11 is 7.01. The molecule has 3 rings (SSSR count). The molecule has 1 unspecified atom stereocenters. The van der Waals surface area contributed by atoms with Crippen LogP contribution < -0.4 is 5.32 Å². The lowest BCUT2D eigenvalue weighted by atomic mass is 10.2. The zero-order chi connectivity index (χ0) is 20.1. The van der Waals surface area contributed by atoms with Gasteiger partial charge in [-0.05, 0) is 31.2 Å². The average Bonchev–Trinajstić information content (AvgIpc) is 3.06. The van der Waals surface area contributed by atoms with Gasteiger partial charge < -0.3 is 5.32 Å². The number of carbonyl (C=O) groups excluding carboxylic acids is 1. The van der Waals surface area contributed by atoms with Gasteiger partial charge >= 0.3 is 0 Å². The van der Waals surface area contributed by atoms with Crippen LogP contribution >= 0.6 is 23.4 Å². The van der Waals surface area contributed by atoms with Crippen molar-refractivity contribution >= 4 is 35.1 Å². The van der Waals surface area contributed by atoms with Crippen LogP contribution in [0.1, 0.15) is 6.92 Å². The molecule has 1 N–H and O–H groups in total. The second-order valence-corrected chi connectivity index (χ2v) is 7.54. The van der Waals surface area contributed by atoms with Crippen LogP contribution in [-0.2, 0) is 11.3 Å². The fourth-order valence-corrected chi connectivity index (χ4v) is 3.37. The van der Waals surface area contributed by atoms with Crippen molar-refractivity contribution in [1.82, 2.24) is 19.7 Å². The van der Waals surface area contributed by atoms with Gasteiger partial charge in [-0.2, -0.15) is 0 Å². The maximum atomic E-state index is 14.2. The van der Waals surface area contributed by atoms with E-state index in [1.54, 1.807) is 47.9 Å². The van der Waals surface area contributed by atoms with Gasteiger partial charge in [0.05, 0.1) is 15.8 Å². The third-order valence-corrected chi connectivity index (χ3v) is 5.08. The Morgan fingerprint density at radius 3 is 2.82 bits per heavy atom. The third kappa shape index (κ3) is 4.58. The summed E-state index contributed by atoms with van der Waals surface area (Å²) in [5, 5.41) is 11.5. The predicted octanol–water partition coefficient (Wildman–Crippen LogP) is 4.44. The molecule has 28 heavy (non-hydrogen) atoms. The summed E-state index contributed by atoms with van der Waals surface area (Å²) in [6, 6.07) is 9.60. The van der Waals surface area contributed by atoms with Crippen molar-refractivity contribution in [3.8, 4) is 11.4 Å². The normalized spacial score (nSPS) is 11.8. The van der Waals surface area contributed by atoms with Gasteiger partial charge in [0.2, 0.25) is 5.91 Å². The summed E-state index contributed by atoms with van der Waals surface area (Å²) in [5.74, 6) is 0.144. The number of aromatic nitrogens is 4. The molecule has 2 heterocycles. The first-order valence-electron chi connectivity index (χ1n) is 8.37. The molecule has 0 spiro atoms. The molecule has 0 aliphatic rings. The van der Waals surface area contributed by atoms with E-state index in [2.05, 4.69) is 27.1 Å². The molecule has 0 fully saturated rings. The second kappa shape index (κ2) is 8.99. The minimum atomic E-state index is -0.487. The molecule has 0 radical (unpaired) electrons. The first-order chi connectivity index (χ1) is 13.5. The topological polar surface area (TPSA) is 72.7 Å². The lowest BCUT2D eigenvalue weighted by Crippen LogP contribution is -2.23. The van der Waals surface area contributed by atoms with Gasteiger partial charge in [-0.25, -0.2) is 9.37 Å². The predicted molar refractivity (Wildman–Crippen MR) is 109 cm³/mol. The van der Waals surface area contributed by atoms with E-state index in [-0.39, 0.29) is 5.91 Å². The molecule has 1 aromatic carbocycles. The number of hydrogen-bond acceptors (Lipinski definition) is 5. The number of allylic oxidation sites excluding steroid dienone is 1. The summed E-state index contributed by atoms with van der Waals surface area (Å²) in [4.78, 5) is 16.5. The van der Waals surface area contributed by atoms with Crippen LogP contribution in [0, 0.1) is 5.82 Å². The maximum absolute atomic E-state index is 14.2. The smallest absolute Gasteiger partial charge is 0.238 e. The van der Waals surface area contributed by atoms with Crippen LogP contribution in [0.4, 0.5) is 10.2 Å². The lowest BCUT2D eigenvalue weighted by Gasteiger charge is -2.12. The highest BCUT2D eigenvalue weighted by molar-refractivity contribution is 8.00. The Morgan fingerprint density at radius 1 is 1.36 bits per heavy atom. The van der Waals surface area contributed by atoms with Crippen molar-refractivity contribution < 1.29 is 9.18 Å². The van der Waals surface area contributed by atoms with E-state index in [0.29, 0.717) is 33.9 Å². The third-order valence-electron chi connectivity index (χ3n) is 3.77. The standard InChI is InChI=1S/C19H17ClFN5OS/c1-3-10-26-17(14-6-4-5-7-15(14)21)24-25-19(26)28-12(2)18(27)23-16-9-8-13(20)11-22-16/h3-9,11-12H,1,10H2,2H3,(H,22,23,27). The van der Waals surface area contributed by atoms with Crippen LogP contribution in [0.3, 0.4) is 0 Å². The summed E-state index contributed by atoms with van der Waals surface area (Å²) in [6.07, 6.45) is 3.12. The maximum Gasteiger partial charge on any atom is 0.238 e. The molecule has 9 heteroatoms. The highest BCUT2D eigenvalue weighted by Gasteiger charge is 2.21. The van der Waals surface area contributed by atoms with Crippen LogP contribution in [0.25, 0.3) is 11.4 Å². The van der Waals surface area contributed by atoms with Crippen molar-refractivity contribution in [1.29, 1.82) is 0 Å². The van der Waals surface area contributed by atoms with Crippen molar-refractivity contribution in [2.45, 2.75) is 23.9 Å². The van der Waals surface area contributed by atoms with Crippen molar-refractivity contribution in [3.63, 3.8) is 0 Å². The number of carbonyl (C=O) groups is 1. The van der Waals surface area contributed by atoms with Gasteiger partial charge in [-0.3, -0.25) is 9.36 Å². The van der Waals surface area contributed by atoms with Crippen molar-refractivity contribution in [2.75, 3.05) is 5.32 Å². The molecule has 0 saturated carbocycles. The van der Waals surface area contributed by atoms with E-state index < -0.39 is 11.1 Å². The monoisotopic (exact) mass is 417 g/mol. The summed E-state index contributed by atoms with van der Waals surface area (Å²) in [7, 11) is 0. The molecule has 2 aromatic heterocycles. The number of hydrogen-bond donors (Lipinski definition) is 1. The minimum absolute atomic E-state index is 0.250. The zero-order valence-corrected chi connectivity index (χ0v) is 16.5. The Labute approximate surface area is 170 Å². The first-order valence-corrected chi connectivity index (χ1v) is 9.63. The molecule has 0 saturated heterocycles. The van der Waals surface area contributed by atoms with E-state index >= 15 is 0 Å². The van der Waals surface area contributed by atoms with Gasteiger partial charge in [-0.15, -0.1) is 16.8 Å². The molecule has 0 aliphatic heterocycles.